The van der Waals surface area contributed by atoms with Crippen molar-refractivity contribution in [3.63, 3.8) is 0 Å². The normalized spacial score (nSPS) is 15.8. The van der Waals surface area contributed by atoms with Gasteiger partial charge in [0.1, 0.15) is 11.8 Å². The van der Waals surface area contributed by atoms with Crippen molar-refractivity contribution >= 4 is 34.1 Å². The van der Waals surface area contributed by atoms with E-state index in [4.69, 9.17) is 21.1 Å². The van der Waals surface area contributed by atoms with Crippen LogP contribution in [0.15, 0.2) is 53.7 Å². The van der Waals surface area contributed by atoms with Crippen molar-refractivity contribution in [1.29, 1.82) is 0 Å². The Hall–Kier alpha value is -3.09. The van der Waals surface area contributed by atoms with Gasteiger partial charge in [-0.1, -0.05) is 23.7 Å². The molecule has 6 nitrogen and oxygen atoms in total. The van der Waals surface area contributed by atoms with Gasteiger partial charge in [0.05, 0.1) is 16.6 Å². The van der Waals surface area contributed by atoms with Gasteiger partial charge in [-0.3, -0.25) is 9.59 Å². The molecule has 170 valence electrons. The number of hydrogen-bond acceptors (Lipinski definition) is 4. The van der Waals surface area contributed by atoms with Crippen molar-refractivity contribution in [2.75, 3.05) is 13.2 Å². The molecule has 0 aliphatic carbocycles. The molecule has 3 heterocycles. The first kappa shape index (κ1) is 21.7. The number of pyridine rings is 1. The van der Waals surface area contributed by atoms with Crippen LogP contribution in [0.3, 0.4) is 0 Å². The number of nitrogens with one attached hydrogen (secondary N) is 1. The highest BCUT2D eigenvalue weighted by Gasteiger charge is 2.23. The highest BCUT2D eigenvalue weighted by atomic mass is 35.5. The Labute approximate surface area is 196 Å². The van der Waals surface area contributed by atoms with E-state index in [1.807, 2.05) is 35.8 Å². The number of hydrogen-bond donors (Lipinski definition) is 1. The van der Waals surface area contributed by atoms with Crippen LogP contribution in [0.1, 0.15) is 41.3 Å². The lowest BCUT2D eigenvalue weighted by Crippen LogP contribution is -2.30. The minimum atomic E-state index is -0.406. The Kier molecular flexibility index (Phi) is 5.96. The summed E-state index contributed by atoms with van der Waals surface area (Å²) in [5.41, 5.74) is 3.27. The van der Waals surface area contributed by atoms with Crippen LogP contribution in [0.5, 0.6) is 5.75 Å². The molecular weight excluding hydrogens is 440 g/mol. The van der Waals surface area contributed by atoms with E-state index in [-0.39, 0.29) is 11.0 Å². The first-order valence-corrected chi connectivity index (χ1v) is 11.5. The van der Waals surface area contributed by atoms with Gasteiger partial charge in [-0.05, 0) is 67.5 Å². The van der Waals surface area contributed by atoms with E-state index in [2.05, 4.69) is 5.32 Å². The first-order valence-electron chi connectivity index (χ1n) is 11.2. The van der Waals surface area contributed by atoms with E-state index in [0.29, 0.717) is 34.1 Å². The molecule has 0 radical (unpaired) electrons. The maximum atomic E-state index is 13.4. The Morgan fingerprint density at radius 1 is 1.15 bits per heavy atom. The van der Waals surface area contributed by atoms with Crippen LogP contribution >= 0.6 is 11.6 Å². The van der Waals surface area contributed by atoms with Crippen molar-refractivity contribution in [3.05, 3.63) is 80.8 Å². The molecule has 1 aromatic heterocycles. The SMILES string of the molecule is CC1=COc2cc(CC3CCOCC3)cc3c(=O)c(C(=O)NCc4ccc(Cl)cc4)cn1c23. The zero-order valence-corrected chi connectivity index (χ0v) is 19.2. The number of rotatable bonds is 5. The van der Waals surface area contributed by atoms with Gasteiger partial charge < -0.3 is 19.4 Å². The van der Waals surface area contributed by atoms with E-state index in [0.717, 1.165) is 49.3 Å². The summed E-state index contributed by atoms with van der Waals surface area (Å²) in [4.78, 5) is 26.4. The zero-order valence-electron chi connectivity index (χ0n) is 18.4. The highest BCUT2D eigenvalue weighted by molar-refractivity contribution is 6.30. The monoisotopic (exact) mass is 464 g/mol. The van der Waals surface area contributed by atoms with Gasteiger partial charge in [-0.2, -0.15) is 0 Å². The van der Waals surface area contributed by atoms with Crippen LogP contribution in [-0.4, -0.2) is 23.7 Å². The summed E-state index contributed by atoms with van der Waals surface area (Å²) in [6, 6.07) is 11.2. The lowest BCUT2D eigenvalue weighted by Gasteiger charge is -2.24. The second kappa shape index (κ2) is 9.04. The third-order valence-corrected chi connectivity index (χ3v) is 6.59. The molecule has 2 aliphatic heterocycles. The lowest BCUT2D eigenvalue weighted by molar-refractivity contribution is 0.0665. The Morgan fingerprint density at radius 3 is 2.67 bits per heavy atom. The fraction of sp³-hybridized carbons (Fsp3) is 0.308. The van der Waals surface area contributed by atoms with Gasteiger partial charge in [0.25, 0.3) is 5.91 Å². The summed E-state index contributed by atoms with van der Waals surface area (Å²) in [7, 11) is 0. The molecule has 7 heteroatoms. The highest BCUT2D eigenvalue weighted by Crippen LogP contribution is 2.33. The average molecular weight is 465 g/mol. The molecule has 1 saturated heterocycles. The van der Waals surface area contributed by atoms with Crippen LogP contribution in [-0.2, 0) is 17.7 Å². The van der Waals surface area contributed by atoms with E-state index < -0.39 is 5.91 Å². The summed E-state index contributed by atoms with van der Waals surface area (Å²) < 4.78 is 13.2. The van der Waals surface area contributed by atoms with Crippen molar-refractivity contribution in [1.82, 2.24) is 9.88 Å². The van der Waals surface area contributed by atoms with Crippen molar-refractivity contribution in [3.8, 4) is 5.75 Å². The number of allylic oxidation sites excluding steroid dienone is 1. The van der Waals surface area contributed by atoms with Crippen LogP contribution in [0.25, 0.3) is 16.6 Å². The summed E-state index contributed by atoms with van der Waals surface area (Å²) in [5.74, 6) is 0.749. The average Bonchev–Trinajstić information content (AvgIpc) is 2.82. The molecule has 1 amide bonds. The second-order valence-corrected chi connectivity index (χ2v) is 9.11. The molecular formula is C26H25ClN2O4. The maximum absolute atomic E-state index is 13.4. The molecule has 1 fully saturated rings. The van der Waals surface area contributed by atoms with E-state index >= 15 is 0 Å². The Bertz CT molecular complexity index is 1300. The summed E-state index contributed by atoms with van der Waals surface area (Å²) in [6.07, 6.45) is 6.12. The molecule has 0 spiro atoms. The number of halogens is 1. The van der Waals surface area contributed by atoms with Crippen molar-refractivity contribution in [2.45, 2.75) is 32.7 Å². The molecule has 2 aromatic carbocycles. The van der Waals surface area contributed by atoms with Gasteiger partial charge >= 0.3 is 0 Å². The lowest BCUT2D eigenvalue weighted by atomic mass is 9.91. The largest absolute Gasteiger partial charge is 0.461 e. The van der Waals surface area contributed by atoms with Crippen LogP contribution in [0.4, 0.5) is 0 Å². The molecule has 2 aliphatic rings. The predicted octanol–water partition coefficient (Wildman–Crippen LogP) is 4.76. The van der Waals surface area contributed by atoms with Gasteiger partial charge in [-0.15, -0.1) is 0 Å². The number of carbonyl (C=O) groups excluding carboxylic acids is 1. The molecule has 0 bridgehead atoms. The predicted molar refractivity (Wildman–Crippen MR) is 129 cm³/mol. The van der Waals surface area contributed by atoms with Crippen molar-refractivity contribution in [2.24, 2.45) is 5.92 Å². The van der Waals surface area contributed by atoms with Gasteiger partial charge in [-0.25, -0.2) is 0 Å². The molecule has 5 rings (SSSR count). The summed E-state index contributed by atoms with van der Waals surface area (Å²) in [6.45, 7) is 3.74. The summed E-state index contributed by atoms with van der Waals surface area (Å²) in [5, 5.41) is 3.99. The maximum Gasteiger partial charge on any atom is 0.257 e. The van der Waals surface area contributed by atoms with E-state index in [9.17, 15) is 9.59 Å². The number of ether oxygens (including phenoxy) is 2. The second-order valence-electron chi connectivity index (χ2n) is 8.68. The molecule has 0 unspecified atom stereocenters. The first-order chi connectivity index (χ1) is 16.0. The third kappa shape index (κ3) is 4.41. The molecule has 0 saturated carbocycles. The molecule has 0 atom stereocenters. The van der Waals surface area contributed by atoms with Crippen LogP contribution < -0.4 is 15.5 Å². The zero-order chi connectivity index (χ0) is 22.9. The molecule has 3 aromatic rings. The molecule has 1 N–H and O–H groups in total. The van der Waals surface area contributed by atoms with Crippen LogP contribution in [0.2, 0.25) is 5.02 Å². The topological polar surface area (TPSA) is 69.6 Å². The number of amides is 1. The Balaban J connectivity index is 1.50. The van der Waals surface area contributed by atoms with Gasteiger partial charge in [0.15, 0.2) is 5.75 Å². The van der Waals surface area contributed by atoms with Crippen LogP contribution in [0, 0.1) is 5.92 Å². The standard InChI is InChI=1S/C26H25ClN2O4/c1-16-15-33-23-12-19(10-17-6-8-32-9-7-17)11-21-24(23)29(16)14-22(25(21)30)26(31)28-13-18-2-4-20(27)5-3-18/h2-5,11-12,14-15,17H,6-10,13H2,1H3,(H,28,31). The van der Waals surface area contributed by atoms with Crippen molar-refractivity contribution < 1.29 is 14.3 Å². The third-order valence-electron chi connectivity index (χ3n) is 6.34. The fourth-order valence-electron chi connectivity index (χ4n) is 4.50. The summed E-state index contributed by atoms with van der Waals surface area (Å²) >= 11 is 5.93. The fourth-order valence-corrected chi connectivity index (χ4v) is 4.63. The van der Waals surface area contributed by atoms with E-state index in [1.165, 1.54) is 0 Å². The smallest absolute Gasteiger partial charge is 0.257 e. The minimum Gasteiger partial charge on any atom is -0.461 e. The number of carbonyl (C=O) groups is 1. The van der Waals surface area contributed by atoms with E-state index in [1.54, 1.807) is 24.6 Å². The minimum absolute atomic E-state index is 0.111. The quantitative estimate of drug-likeness (QED) is 0.590. The molecule has 33 heavy (non-hydrogen) atoms. The number of aromatic nitrogens is 1. The number of nitrogens with zero attached hydrogens (tertiary/aromatic N) is 1. The number of benzene rings is 2. The Morgan fingerprint density at radius 2 is 1.91 bits per heavy atom. The van der Waals surface area contributed by atoms with Gasteiger partial charge in [0, 0.05) is 31.0 Å². The van der Waals surface area contributed by atoms with Gasteiger partial charge in [0.2, 0.25) is 5.43 Å².